The average Bonchev–Trinajstić information content (AvgIpc) is 3.06. The molecule has 0 saturated heterocycles. The summed E-state index contributed by atoms with van der Waals surface area (Å²) in [5.74, 6) is 0.872. The van der Waals surface area contributed by atoms with Gasteiger partial charge in [0.2, 0.25) is 0 Å². The second kappa shape index (κ2) is 9.55. The first-order valence-corrected chi connectivity index (χ1v) is 8.80. The standard InChI is InChI=1S/C21H25N5.HI/c1-15(2)17-8-6-9-19(13-17)24-21(22)23-14-18-7-4-5-10-20(18)26-12-11-16(3)25-26;/h4-13,15H,14H2,1-3H3,(H3,22,23,24);1H. The van der Waals surface area contributed by atoms with Crippen molar-refractivity contribution in [1.29, 1.82) is 0 Å². The van der Waals surface area contributed by atoms with Crippen LogP contribution in [-0.4, -0.2) is 15.7 Å². The molecule has 3 aromatic rings. The fourth-order valence-electron chi connectivity index (χ4n) is 2.75. The Morgan fingerprint density at radius 3 is 2.63 bits per heavy atom. The molecule has 27 heavy (non-hydrogen) atoms. The van der Waals surface area contributed by atoms with E-state index in [0.29, 0.717) is 18.4 Å². The van der Waals surface area contributed by atoms with E-state index in [1.165, 1.54) is 5.56 Å². The molecule has 3 rings (SSSR count). The molecule has 5 nitrogen and oxygen atoms in total. The van der Waals surface area contributed by atoms with Crippen LogP contribution in [0.2, 0.25) is 0 Å². The number of aryl methyl sites for hydroxylation is 1. The molecule has 1 heterocycles. The van der Waals surface area contributed by atoms with Crippen LogP contribution in [0.15, 0.2) is 65.8 Å². The van der Waals surface area contributed by atoms with Gasteiger partial charge in [0.25, 0.3) is 0 Å². The number of benzene rings is 2. The number of hydrogen-bond donors (Lipinski definition) is 2. The molecule has 0 fully saturated rings. The Morgan fingerprint density at radius 2 is 1.93 bits per heavy atom. The monoisotopic (exact) mass is 475 g/mol. The van der Waals surface area contributed by atoms with Gasteiger partial charge in [-0.3, -0.25) is 0 Å². The van der Waals surface area contributed by atoms with Crippen LogP contribution in [0.1, 0.15) is 36.6 Å². The van der Waals surface area contributed by atoms with Gasteiger partial charge in [0.1, 0.15) is 0 Å². The molecule has 142 valence electrons. The number of hydrogen-bond acceptors (Lipinski definition) is 2. The van der Waals surface area contributed by atoms with Crippen molar-refractivity contribution in [2.75, 3.05) is 5.32 Å². The minimum absolute atomic E-state index is 0. The fourth-order valence-corrected chi connectivity index (χ4v) is 2.75. The molecular weight excluding hydrogens is 449 g/mol. The number of guanidine groups is 1. The minimum atomic E-state index is 0. The molecular formula is C21H26IN5. The number of aliphatic imine (C=N–C) groups is 1. The van der Waals surface area contributed by atoms with Crippen LogP contribution < -0.4 is 11.1 Å². The maximum absolute atomic E-state index is 6.09. The molecule has 0 radical (unpaired) electrons. The fraction of sp³-hybridized carbons (Fsp3) is 0.238. The normalized spacial score (nSPS) is 11.3. The van der Waals surface area contributed by atoms with Gasteiger partial charge < -0.3 is 11.1 Å². The highest BCUT2D eigenvalue weighted by molar-refractivity contribution is 14.0. The van der Waals surface area contributed by atoms with Gasteiger partial charge in [-0.1, -0.05) is 44.2 Å². The predicted octanol–water partition coefficient (Wildman–Crippen LogP) is 4.85. The van der Waals surface area contributed by atoms with E-state index in [0.717, 1.165) is 22.6 Å². The summed E-state index contributed by atoms with van der Waals surface area (Å²) in [7, 11) is 0. The second-order valence-corrected chi connectivity index (χ2v) is 6.64. The van der Waals surface area contributed by atoms with Crippen molar-refractivity contribution in [3.8, 4) is 5.69 Å². The number of rotatable bonds is 5. The summed E-state index contributed by atoms with van der Waals surface area (Å²) in [5, 5.41) is 7.66. The van der Waals surface area contributed by atoms with Gasteiger partial charge >= 0.3 is 0 Å². The minimum Gasteiger partial charge on any atom is -0.370 e. The summed E-state index contributed by atoms with van der Waals surface area (Å²) < 4.78 is 1.87. The Morgan fingerprint density at radius 1 is 1.15 bits per heavy atom. The zero-order valence-electron chi connectivity index (χ0n) is 15.9. The first kappa shape index (κ1) is 21.0. The van der Waals surface area contributed by atoms with Gasteiger partial charge in [0.05, 0.1) is 17.9 Å². The highest BCUT2D eigenvalue weighted by atomic mass is 127. The molecule has 2 aromatic carbocycles. The topological polar surface area (TPSA) is 68.2 Å². The number of halogens is 1. The Hall–Kier alpha value is -2.35. The third-order valence-electron chi connectivity index (χ3n) is 4.21. The Labute approximate surface area is 177 Å². The molecule has 0 saturated carbocycles. The van der Waals surface area contributed by atoms with Gasteiger partial charge in [-0.2, -0.15) is 5.10 Å². The Balaban J connectivity index is 0.00000261. The third-order valence-corrected chi connectivity index (χ3v) is 4.21. The number of nitrogens with zero attached hydrogens (tertiary/aromatic N) is 3. The van der Waals surface area contributed by atoms with Crippen molar-refractivity contribution in [2.45, 2.75) is 33.2 Å². The number of para-hydroxylation sites is 1. The van der Waals surface area contributed by atoms with Crippen molar-refractivity contribution in [3.63, 3.8) is 0 Å². The highest BCUT2D eigenvalue weighted by Crippen LogP contribution is 2.19. The zero-order valence-corrected chi connectivity index (χ0v) is 18.2. The molecule has 0 unspecified atom stereocenters. The maximum atomic E-state index is 6.09. The lowest BCUT2D eigenvalue weighted by Gasteiger charge is -2.11. The number of nitrogens with two attached hydrogens (primary N) is 1. The summed E-state index contributed by atoms with van der Waals surface area (Å²) in [4.78, 5) is 4.50. The molecule has 0 aliphatic rings. The molecule has 3 N–H and O–H groups in total. The largest absolute Gasteiger partial charge is 0.370 e. The lowest BCUT2D eigenvalue weighted by atomic mass is 10.0. The predicted molar refractivity (Wildman–Crippen MR) is 123 cm³/mol. The zero-order chi connectivity index (χ0) is 18.5. The molecule has 0 aliphatic heterocycles. The molecule has 0 bridgehead atoms. The molecule has 1 aromatic heterocycles. The van der Waals surface area contributed by atoms with Crippen LogP contribution in [0.4, 0.5) is 5.69 Å². The summed E-state index contributed by atoms with van der Waals surface area (Å²) in [6.45, 7) is 6.80. The van der Waals surface area contributed by atoms with Crippen LogP contribution in [0.3, 0.4) is 0 Å². The van der Waals surface area contributed by atoms with E-state index < -0.39 is 0 Å². The van der Waals surface area contributed by atoms with E-state index >= 15 is 0 Å². The lowest BCUT2D eigenvalue weighted by molar-refractivity contribution is 0.844. The first-order chi connectivity index (χ1) is 12.5. The molecule has 0 atom stereocenters. The SMILES string of the molecule is Cc1ccn(-c2ccccc2CN=C(N)Nc2cccc(C(C)C)c2)n1.I. The van der Waals surface area contributed by atoms with Crippen molar-refractivity contribution in [3.05, 3.63) is 77.6 Å². The Kier molecular flexibility index (Phi) is 7.41. The van der Waals surface area contributed by atoms with Crippen LogP contribution in [-0.2, 0) is 6.54 Å². The molecule has 0 amide bonds. The number of nitrogens with one attached hydrogen (secondary N) is 1. The highest BCUT2D eigenvalue weighted by Gasteiger charge is 2.05. The summed E-state index contributed by atoms with van der Waals surface area (Å²) in [6.07, 6.45) is 1.96. The summed E-state index contributed by atoms with van der Waals surface area (Å²) in [5.41, 5.74) is 11.4. The van der Waals surface area contributed by atoms with Gasteiger partial charge in [0.15, 0.2) is 5.96 Å². The van der Waals surface area contributed by atoms with Gasteiger partial charge in [-0.25, -0.2) is 9.67 Å². The van der Waals surface area contributed by atoms with Gasteiger partial charge in [-0.15, -0.1) is 24.0 Å². The Bertz CT molecular complexity index is 914. The van der Waals surface area contributed by atoms with Gasteiger partial charge in [0, 0.05) is 11.9 Å². The lowest BCUT2D eigenvalue weighted by Crippen LogP contribution is -2.22. The maximum Gasteiger partial charge on any atom is 0.193 e. The smallest absolute Gasteiger partial charge is 0.193 e. The first-order valence-electron chi connectivity index (χ1n) is 8.80. The number of anilines is 1. The molecule has 0 spiro atoms. The summed E-state index contributed by atoms with van der Waals surface area (Å²) in [6, 6.07) is 18.3. The average molecular weight is 475 g/mol. The van der Waals surface area contributed by atoms with Crippen molar-refractivity contribution in [1.82, 2.24) is 9.78 Å². The second-order valence-electron chi connectivity index (χ2n) is 6.64. The van der Waals surface area contributed by atoms with E-state index in [1.54, 1.807) is 0 Å². The quantitative estimate of drug-likeness (QED) is 0.315. The van der Waals surface area contributed by atoms with Crippen molar-refractivity contribution in [2.24, 2.45) is 10.7 Å². The molecule has 6 heteroatoms. The summed E-state index contributed by atoms with van der Waals surface area (Å²) >= 11 is 0. The van der Waals surface area contributed by atoms with E-state index in [1.807, 2.05) is 60.3 Å². The van der Waals surface area contributed by atoms with Crippen LogP contribution in [0, 0.1) is 6.92 Å². The number of aromatic nitrogens is 2. The van der Waals surface area contributed by atoms with Crippen LogP contribution >= 0.6 is 24.0 Å². The third kappa shape index (κ3) is 5.56. The van der Waals surface area contributed by atoms with Crippen molar-refractivity contribution >= 4 is 35.6 Å². The molecule has 0 aliphatic carbocycles. The van der Waals surface area contributed by atoms with Crippen LogP contribution in [0.25, 0.3) is 5.69 Å². The van der Waals surface area contributed by atoms with E-state index in [9.17, 15) is 0 Å². The van der Waals surface area contributed by atoms with E-state index in [-0.39, 0.29) is 24.0 Å². The van der Waals surface area contributed by atoms with E-state index in [2.05, 4.69) is 41.4 Å². The van der Waals surface area contributed by atoms with Crippen molar-refractivity contribution < 1.29 is 0 Å². The van der Waals surface area contributed by atoms with E-state index in [4.69, 9.17) is 5.73 Å². The van der Waals surface area contributed by atoms with Crippen LogP contribution in [0.5, 0.6) is 0 Å². The van der Waals surface area contributed by atoms with Gasteiger partial charge in [-0.05, 0) is 48.2 Å².